The van der Waals surface area contributed by atoms with Gasteiger partial charge in [-0.05, 0) is 37.5 Å². The number of esters is 4. The normalized spacial score (nSPS) is 14.1. The summed E-state index contributed by atoms with van der Waals surface area (Å²) in [5.41, 5.74) is 0. The zero-order valence-corrected chi connectivity index (χ0v) is 70.1. The Kier molecular flexibility index (Phi) is 75.0. The molecule has 0 aromatic carbocycles. The van der Waals surface area contributed by atoms with Gasteiger partial charge in [0.2, 0.25) is 0 Å². The lowest BCUT2D eigenvalue weighted by atomic mass is 9.99. The molecule has 618 valence electrons. The minimum atomic E-state index is -4.97. The van der Waals surface area contributed by atoms with Crippen molar-refractivity contribution in [1.29, 1.82) is 0 Å². The van der Waals surface area contributed by atoms with Gasteiger partial charge in [0.25, 0.3) is 0 Å². The van der Waals surface area contributed by atoms with Gasteiger partial charge in [0.15, 0.2) is 12.2 Å². The molecule has 104 heavy (non-hydrogen) atoms. The molecular formula is C85H166O17P2. The second-order valence-corrected chi connectivity index (χ2v) is 34.2. The number of hydrogen-bond donors (Lipinski definition) is 3. The Balaban J connectivity index is 5.23. The number of carbonyl (C=O) groups is 4. The summed E-state index contributed by atoms with van der Waals surface area (Å²) in [5, 5.41) is 10.7. The first-order chi connectivity index (χ1) is 50.4. The first-order valence-electron chi connectivity index (χ1n) is 44.0. The van der Waals surface area contributed by atoms with Gasteiger partial charge in [-0.3, -0.25) is 37.3 Å². The van der Waals surface area contributed by atoms with Gasteiger partial charge < -0.3 is 33.8 Å². The predicted molar refractivity (Wildman–Crippen MR) is 428 cm³/mol. The summed E-state index contributed by atoms with van der Waals surface area (Å²) in [6, 6.07) is 0. The van der Waals surface area contributed by atoms with Crippen molar-refractivity contribution in [3.8, 4) is 0 Å². The maximum atomic E-state index is 13.1. The molecule has 0 aliphatic carbocycles. The van der Waals surface area contributed by atoms with E-state index in [-0.39, 0.29) is 25.7 Å². The molecule has 0 saturated heterocycles. The summed E-state index contributed by atoms with van der Waals surface area (Å²) in [6.45, 7) is 9.63. The lowest BCUT2D eigenvalue weighted by molar-refractivity contribution is -0.161. The highest BCUT2D eigenvalue weighted by atomic mass is 31.2. The van der Waals surface area contributed by atoms with Crippen LogP contribution in [0.15, 0.2) is 0 Å². The third-order valence-corrected chi connectivity index (χ3v) is 22.2. The van der Waals surface area contributed by atoms with Crippen LogP contribution >= 0.6 is 15.6 Å². The van der Waals surface area contributed by atoms with E-state index in [1.807, 2.05) is 0 Å². The SMILES string of the molecule is CCCCCCCCCCCCCCCCCCCCCCC(=O)OC[C@H](COP(=O)(O)OC[C@@H](O)COP(=O)(O)OC[C@@H](COC(=O)CCCCCCCCCCC(C)CC)OC(=O)CCCCCCCCCCCC(C)C)OC(=O)CCCCCCCCCCCCCCCCCCCCCC. The molecule has 0 aromatic rings. The van der Waals surface area contributed by atoms with E-state index in [2.05, 4.69) is 41.5 Å². The van der Waals surface area contributed by atoms with E-state index in [0.29, 0.717) is 25.7 Å². The van der Waals surface area contributed by atoms with Crippen molar-refractivity contribution >= 4 is 39.5 Å². The summed E-state index contributed by atoms with van der Waals surface area (Å²) in [4.78, 5) is 73.2. The number of rotatable bonds is 84. The van der Waals surface area contributed by atoms with Crippen LogP contribution in [0, 0.1) is 11.8 Å². The first kappa shape index (κ1) is 102. The molecule has 0 aromatic heterocycles. The smallest absolute Gasteiger partial charge is 0.462 e. The summed E-state index contributed by atoms with van der Waals surface area (Å²) in [6.07, 6.45) is 68.1. The van der Waals surface area contributed by atoms with Crippen LogP contribution < -0.4 is 0 Å². The maximum Gasteiger partial charge on any atom is 0.472 e. The average molecular weight is 1520 g/mol. The number of ether oxygens (including phenoxy) is 4. The number of unbranched alkanes of at least 4 members (excludes halogenated alkanes) is 53. The van der Waals surface area contributed by atoms with E-state index in [4.69, 9.17) is 37.0 Å². The summed E-state index contributed by atoms with van der Waals surface area (Å²) >= 11 is 0. The Morgan fingerprint density at radius 2 is 0.490 bits per heavy atom. The number of aliphatic hydroxyl groups excluding tert-OH is 1. The standard InChI is InChI=1S/C85H166O17P2/c1-7-10-12-14-16-18-20-22-24-26-28-30-32-34-36-38-42-49-55-61-67-82(87)95-73-80(101-84(89)69-63-57-51-43-39-37-35-33-31-29-27-25-23-21-19-17-15-13-11-8-2)75-99-103(91,92)97-71-79(86)72-98-104(93,94)100-76-81(102-85(90)70-64-58-52-44-40-41-47-53-59-65-77(4)5)74-96-83(88)68-62-56-50-46-45-48-54-60-66-78(6)9-3/h77-81,86H,7-76H2,1-6H3,(H,91,92)(H,93,94)/t78?,79-,80-,81-/m1/s1. The van der Waals surface area contributed by atoms with Crippen molar-refractivity contribution in [2.45, 2.75) is 471 Å². The summed E-state index contributed by atoms with van der Waals surface area (Å²) < 4.78 is 68.8. The Morgan fingerprint density at radius 3 is 0.731 bits per heavy atom. The Bertz CT molecular complexity index is 2000. The van der Waals surface area contributed by atoms with Crippen molar-refractivity contribution in [1.82, 2.24) is 0 Å². The fourth-order valence-corrected chi connectivity index (χ4v) is 14.8. The lowest BCUT2D eigenvalue weighted by Gasteiger charge is -2.21. The molecule has 0 spiro atoms. The predicted octanol–water partition coefficient (Wildman–Crippen LogP) is 25.8. The van der Waals surface area contributed by atoms with E-state index in [9.17, 15) is 43.2 Å². The molecule has 17 nitrogen and oxygen atoms in total. The van der Waals surface area contributed by atoms with Gasteiger partial charge in [-0.1, -0.05) is 401 Å². The second-order valence-electron chi connectivity index (χ2n) is 31.3. The van der Waals surface area contributed by atoms with Gasteiger partial charge in [-0.25, -0.2) is 9.13 Å². The Morgan fingerprint density at radius 1 is 0.279 bits per heavy atom. The van der Waals surface area contributed by atoms with Crippen molar-refractivity contribution < 1.29 is 80.2 Å². The maximum absolute atomic E-state index is 13.1. The third kappa shape index (κ3) is 76.8. The number of phosphoric ester groups is 2. The molecule has 3 unspecified atom stereocenters. The van der Waals surface area contributed by atoms with Gasteiger partial charge >= 0.3 is 39.5 Å². The fraction of sp³-hybridized carbons (Fsp3) is 0.953. The van der Waals surface area contributed by atoms with Crippen LogP contribution in [0.5, 0.6) is 0 Å². The minimum Gasteiger partial charge on any atom is -0.462 e. The van der Waals surface area contributed by atoms with Crippen LogP contribution in [-0.2, 0) is 65.4 Å². The van der Waals surface area contributed by atoms with E-state index in [1.54, 1.807) is 0 Å². The molecule has 3 N–H and O–H groups in total. The molecule has 0 amide bonds. The van der Waals surface area contributed by atoms with E-state index in [1.165, 1.54) is 270 Å². The van der Waals surface area contributed by atoms with Crippen molar-refractivity contribution in [3.05, 3.63) is 0 Å². The van der Waals surface area contributed by atoms with E-state index < -0.39 is 97.5 Å². The van der Waals surface area contributed by atoms with Gasteiger partial charge in [0.05, 0.1) is 26.4 Å². The monoisotopic (exact) mass is 1520 g/mol. The molecule has 0 aliphatic rings. The van der Waals surface area contributed by atoms with Gasteiger partial charge in [-0.15, -0.1) is 0 Å². The van der Waals surface area contributed by atoms with Crippen LogP contribution in [0.2, 0.25) is 0 Å². The zero-order valence-electron chi connectivity index (χ0n) is 68.3. The Labute approximate surface area is 638 Å². The number of aliphatic hydroxyl groups is 1. The van der Waals surface area contributed by atoms with E-state index in [0.717, 1.165) is 102 Å². The summed E-state index contributed by atoms with van der Waals surface area (Å²) in [5.74, 6) is -0.592. The highest BCUT2D eigenvalue weighted by Crippen LogP contribution is 2.45. The molecule has 0 radical (unpaired) electrons. The minimum absolute atomic E-state index is 0.105. The molecular weight excluding hydrogens is 1350 g/mol. The molecule has 6 atom stereocenters. The van der Waals surface area contributed by atoms with Crippen molar-refractivity contribution in [3.63, 3.8) is 0 Å². The van der Waals surface area contributed by atoms with Gasteiger partial charge in [0.1, 0.15) is 19.3 Å². The quantitative estimate of drug-likeness (QED) is 0.0222. The zero-order chi connectivity index (χ0) is 76.4. The van der Waals surface area contributed by atoms with Crippen molar-refractivity contribution in [2.75, 3.05) is 39.6 Å². The molecule has 0 rings (SSSR count). The van der Waals surface area contributed by atoms with Crippen LogP contribution in [-0.4, -0.2) is 96.7 Å². The number of carbonyl (C=O) groups excluding carboxylic acids is 4. The summed E-state index contributed by atoms with van der Waals surface area (Å²) in [7, 11) is -9.93. The molecule has 0 bridgehead atoms. The average Bonchev–Trinajstić information content (AvgIpc) is 0.917. The van der Waals surface area contributed by atoms with Gasteiger partial charge in [-0.2, -0.15) is 0 Å². The van der Waals surface area contributed by atoms with Gasteiger partial charge in [0, 0.05) is 25.7 Å². The fourth-order valence-electron chi connectivity index (χ4n) is 13.2. The lowest BCUT2D eigenvalue weighted by Crippen LogP contribution is -2.30. The molecule has 0 saturated carbocycles. The highest BCUT2D eigenvalue weighted by Gasteiger charge is 2.30. The Hall–Kier alpha value is -1.94. The van der Waals surface area contributed by atoms with E-state index >= 15 is 0 Å². The van der Waals surface area contributed by atoms with Crippen LogP contribution in [0.3, 0.4) is 0 Å². The third-order valence-electron chi connectivity index (χ3n) is 20.3. The second kappa shape index (κ2) is 76.4. The number of hydrogen-bond acceptors (Lipinski definition) is 15. The molecule has 0 heterocycles. The van der Waals surface area contributed by atoms with Crippen molar-refractivity contribution in [2.24, 2.45) is 11.8 Å². The molecule has 0 fully saturated rings. The molecule has 19 heteroatoms. The van der Waals surface area contributed by atoms with Crippen LogP contribution in [0.4, 0.5) is 0 Å². The first-order valence-corrected chi connectivity index (χ1v) is 47.0. The highest BCUT2D eigenvalue weighted by molar-refractivity contribution is 7.47. The topological polar surface area (TPSA) is 237 Å². The molecule has 0 aliphatic heterocycles. The van der Waals surface area contributed by atoms with Crippen LogP contribution in [0.1, 0.15) is 452 Å². The van der Waals surface area contributed by atoms with Crippen LogP contribution in [0.25, 0.3) is 0 Å². The largest absolute Gasteiger partial charge is 0.472 e. The number of phosphoric acid groups is 2.